The monoisotopic (exact) mass is 231 g/mol. The third-order valence-electron chi connectivity index (χ3n) is 2.67. The summed E-state index contributed by atoms with van der Waals surface area (Å²) in [6, 6.07) is 12.0. The van der Waals surface area contributed by atoms with Crippen LogP contribution in [0, 0.1) is 0 Å². The Morgan fingerprint density at radius 2 is 2.12 bits per heavy atom. The molecular weight excluding hydrogens is 214 g/mol. The number of nitrogens with zero attached hydrogens (tertiary/aromatic N) is 1. The van der Waals surface area contributed by atoms with E-state index in [4.69, 9.17) is 10.6 Å². The van der Waals surface area contributed by atoms with Gasteiger partial charge in [-0.25, -0.2) is 5.43 Å². The Morgan fingerprint density at radius 3 is 2.88 bits per heavy atom. The van der Waals surface area contributed by atoms with Crippen LogP contribution >= 0.6 is 0 Å². The minimum absolute atomic E-state index is 0.0699. The number of fused-ring (bicyclic) bond motifs is 1. The molecule has 2 aromatic rings. The molecular formula is C13H17N3O. The van der Waals surface area contributed by atoms with Crippen molar-refractivity contribution in [1.29, 1.82) is 0 Å². The fraction of sp³-hybridized carbons (Fsp3) is 0.308. The van der Waals surface area contributed by atoms with Crippen molar-refractivity contribution in [3.8, 4) is 0 Å². The minimum Gasteiger partial charge on any atom is -0.380 e. The van der Waals surface area contributed by atoms with Crippen molar-refractivity contribution in [3.05, 3.63) is 42.1 Å². The number of nitrogens with one attached hydrogen (secondary N) is 1. The second-order valence-electron chi connectivity index (χ2n) is 3.81. The summed E-state index contributed by atoms with van der Waals surface area (Å²) < 4.78 is 5.37. The first-order valence-electron chi connectivity index (χ1n) is 5.74. The Balaban J connectivity index is 2.27. The van der Waals surface area contributed by atoms with Gasteiger partial charge in [-0.05, 0) is 19.1 Å². The fourth-order valence-corrected chi connectivity index (χ4v) is 1.73. The second kappa shape index (κ2) is 5.72. The van der Waals surface area contributed by atoms with Crippen LogP contribution in [-0.4, -0.2) is 18.2 Å². The molecule has 0 aliphatic carbocycles. The highest BCUT2D eigenvalue weighted by Gasteiger charge is 2.11. The molecule has 0 amide bonds. The zero-order valence-electron chi connectivity index (χ0n) is 9.89. The largest absolute Gasteiger partial charge is 0.380 e. The van der Waals surface area contributed by atoms with E-state index in [1.54, 1.807) is 0 Å². The Bertz CT molecular complexity index is 487. The van der Waals surface area contributed by atoms with Gasteiger partial charge in [0.1, 0.15) is 0 Å². The number of hydrazine groups is 1. The highest BCUT2D eigenvalue weighted by Crippen LogP contribution is 2.16. The van der Waals surface area contributed by atoms with E-state index in [9.17, 15) is 0 Å². The van der Waals surface area contributed by atoms with Gasteiger partial charge in [0, 0.05) is 12.0 Å². The van der Waals surface area contributed by atoms with Gasteiger partial charge in [0.05, 0.1) is 23.9 Å². The molecule has 17 heavy (non-hydrogen) atoms. The molecule has 0 aliphatic rings. The molecule has 0 bridgehead atoms. The van der Waals surface area contributed by atoms with E-state index in [0.717, 1.165) is 16.6 Å². The van der Waals surface area contributed by atoms with Crippen LogP contribution in [0.3, 0.4) is 0 Å². The van der Waals surface area contributed by atoms with E-state index in [1.165, 1.54) is 0 Å². The molecule has 4 nitrogen and oxygen atoms in total. The third-order valence-corrected chi connectivity index (χ3v) is 2.67. The van der Waals surface area contributed by atoms with E-state index >= 15 is 0 Å². The molecule has 1 unspecified atom stereocenters. The summed E-state index contributed by atoms with van der Waals surface area (Å²) in [5, 5.41) is 1.13. The third kappa shape index (κ3) is 2.79. The lowest BCUT2D eigenvalue weighted by molar-refractivity contribution is 0.122. The maximum atomic E-state index is 5.52. The predicted octanol–water partition coefficient (Wildman–Crippen LogP) is 1.78. The zero-order chi connectivity index (χ0) is 12.1. The topological polar surface area (TPSA) is 60.2 Å². The van der Waals surface area contributed by atoms with Gasteiger partial charge in [-0.2, -0.15) is 0 Å². The van der Waals surface area contributed by atoms with E-state index in [-0.39, 0.29) is 6.04 Å². The summed E-state index contributed by atoms with van der Waals surface area (Å²) in [6.07, 6.45) is 0. The van der Waals surface area contributed by atoms with Crippen LogP contribution < -0.4 is 11.3 Å². The number of ether oxygens (including phenoxy) is 1. The smallest absolute Gasteiger partial charge is 0.0865 e. The van der Waals surface area contributed by atoms with Crippen LogP contribution in [-0.2, 0) is 4.74 Å². The molecule has 1 aromatic carbocycles. The summed E-state index contributed by atoms with van der Waals surface area (Å²) in [7, 11) is 0. The van der Waals surface area contributed by atoms with Gasteiger partial charge in [-0.3, -0.25) is 10.8 Å². The van der Waals surface area contributed by atoms with Gasteiger partial charge in [-0.1, -0.05) is 24.3 Å². The van der Waals surface area contributed by atoms with Crippen molar-refractivity contribution < 1.29 is 4.74 Å². The van der Waals surface area contributed by atoms with Crippen LogP contribution in [0.4, 0.5) is 0 Å². The Hall–Kier alpha value is -1.49. The molecule has 4 heteroatoms. The zero-order valence-corrected chi connectivity index (χ0v) is 9.89. The number of hydrogen-bond acceptors (Lipinski definition) is 4. The Kier molecular flexibility index (Phi) is 4.03. The average molecular weight is 231 g/mol. The summed E-state index contributed by atoms with van der Waals surface area (Å²) in [5.74, 6) is 5.52. The summed E-state index contributed by atoms with van der Waals surface area (Å²) in [4.78, 5) is 4.58. The first-order chi connectivity index (χ1) is 8.35. The molecule has 0 saturated carbocycles. The Morgan fingerprint density at radius 1 is 1.29 bits per heavy atom. The molecule has 1 heterocycles. The lowest BCUT2D eigenvalue weighted by Gasteiger charge is -2.15. The molecule has 0 fully saturated rings. The number of aromatic nitrogens is 1. The van der Waals surface area contributed by atoms with Crippen LogP contribution in [0.2, 0.25) is 0 Å². The molecule has 0 radical (unpaired) electrons. The number of para-hydroxylation sites is 1. The van der Waals surface area contributed by atoms with Crippen molar-refractivity contribution in [3.63, 3.8) is 0 Å². The van der Waals surface area contributed by atoms with Crippen molar-refractivity contribution in [2.45, 2.75) is 13.0 Å². The Labute approximate surface area is 101 Å². The van der Waals surface area contributed by atoms with E-state index in [0.29, 0.717) is 13.2 Å². The number of benzene rings is 1. The minimum atomic E-state index is -0.0699. The van der Waals surface area contributed by atoms with Crippen LogP contribution in [0.25, 0.3) is 10.9 Å². The van der Waals surface area contributed by atoms with Gasteiger partial charge < -0.3 is 4.74 Å². The second-order valence-corrected chi connectivity index (χ2v) is 3.81. The van der Waals surface area contributed by atoms with Crippen LogP contribution in [0.1, 0.15) is 18.7 Å². The summed E-state index contributed by atoms with van der Waals surface area (Å²) in [6.45, 7) is 3.16. The average Bonchev–Trinajstić information content (AvgIpc) is 2.39. The predicted molar refractivity (Wildman–Crippen MR) is 68.3 cm³/mol. The van der Waals surface area contributed by atoms with Gasteiger partial charge in [0.15, 0.2) is 0 Å². The van der Waals surface area contributed by atoms with Gasteiger partial charge >= 0.3 is 0 Å². The standard InChI is InChI=1S/C13H17N3O/c1-2-17-9-13(16-14)12-8-7-10-5-3-4-6-11(10)15-12/h3-8,13,16H,2,9,14H2,1H3. The number of rotatable bonds is 5. The molecule has 3 N–H and O–H groups in total. The summed E-state index contributed by atoms with van der Waals surface area (Å²) in [5.41, 5.74) is 4.61. The molecule has 2 rings (SSSR count). The van der Waals surface area contributed by atoms with Gasteiger partial charge in [0.2, 0.25) is 0 Å². The molecule has 0 aliphatic heterocycles. The quantitative estimate of drug-likeness (QED) is 0.608. The highest BCUT2D eigenvalue weighted by molar-refractivity contribution is 5.78. The maximum absolute atomic E-state index is 5.52. The first-order valence-corrected chi connectivity index (χ1v) is 5.74. The maximum Gasteiger partial charge on any atom is 0.0865 e. The lowest BCUT2D eigenvalue weighted by Crippen LogP contribution is -2.32. The van der Waals surface area contributed by atoms with Crippen molar-refractivity contribution in [2.24, 2.45) is 5.84 Å². The van der Waals surface area contributed by atoms with Crippen molar-refractivity contribution >= 4 is 10.9 Å². The molecule has 1 atom stereocenters. The molecule has 0 saturated heterocycles. The number of hydrogen-bond donors (Lipinski definition) is 2. The summed E-state index contributed by atoms with van der Waals surface area (Å²) >= 11 is 0. The van der Waals surface area contributed by atoms with Crippen LogP contribution in [0.5, 0.6) is 0 Å². The highest BCUT2D eigenvalue weighted by atomic mass is 16.5. The van der Waals surface area contributed by atoms with Crippen molar-refractivity contribution in [2.75, 3.05) is 13.2 Å². The SMILES string of the molecule is CCOCC(NN)c1ccc2ccccc2n1. The molecule has 1 aromatic heterocycles. The number of nitrogens with two attached hydrogens (primary N) is 1. The van der Waals surface area contributed by atoms with E-state index in [1.807, 2.05) is 43.3 Å². The molecule has 90 valence electrons. The van der Waals surface area contributed by atoms with Gasteiger partial charge in [0.25, 0.3) is 0 Å². The molecule has 0 spiro atoms. The first kappa shape index (κ1) is 12.0. The number of pyridine rings is 1. The van der Waals surface area contributed by atoms with Gasteiger partial charge in [-0.15, -0.1) is 0 Å². The normalized spacial score (nSPS) is 12.8. The van der Waals surface area contributed by atoms with E-state index < -0.39 is 0 Å². The fourth-order valence-electron chi connectivity index (χ4n) is 1.73. The van der Waals surface area contributed by atoms with Crippen molar-refractivity contribution in [1.82, 2.24) is 10.4 Å². The lowest BCUT2D eigenvalue weighted by atomic mass is 10.1. The van der Waals surface area contributed by atoms with E-state index in [2.05, 4.69) is 10.4 Å². The van der Waals surface area contributed by atoms with Crippen LogP contribution in [0.15, 0.2) is 36.4 Å².